The molecule has 4 nitrogen and oxygen atoms in total. The molecule has 4 heterocycles. The van der Waals surface area contributed by atoms with Crippen LogP contribution >= 0.6 is 11.3 Å². The maximum atomic E-state index is 5.41. The first-order chi connectivity index (χ1) is 27.2. The van der Waals surface area contributed by atoms with Crippen LogP contribution in [0.4, 0.5) is 0 Å². The molecule has 0 saturated carbocycles. The molecule has 0 aliphatic heterocycles. The highest BCUT2D eigenvalue weighted by molar-refractivity contribution is 7.26. The molecule has 0 unspecified atom stereocenters. The number of hydrogen-bond donors (Lipinski definition) is 0. The molecule has 0 N–H and O–H groups in total. The Morgan fingerprint density at radius 3 is 1.82 bits per heavy atom. The second-order valence-electron chi connectivity index (χ2n) is 13.8. The average Bonchev–Trinajstić information content (AvgIpc) is 3.65. The van der Waals surface area contributed by atoms with Gasteiger partial charge in [0, 0.05) is 70.2 Å². The van der Waals surface area contributed by atoms with Crippen molar-refractivity contribution in [1.29, 1.82) is 0 Å². The van der Waals surface area contributed by atoms with Crippen LogP contribution in [0, 0.1) is 0 Å². The monoisotopic (exact) mass is 718 g/mol. The molecule has 7 aromatic carbocycles. The Labute approximate surface area is 321 Å². The Morgan fingerprint density at radius 2 is 1.02 bits per heavy atom. The summed E-state index contributed by atoms with van der Waals surface area (Å²) in [6.07, 6.45) is 1.90. The van der Waals surface area contributed by atoms with Crippen molar-refractivity contribution >= 4 is 64.1 Å². The number of benzene rings is 7. The SMILES string of the molecule is c1ccc(-c2cc(-c3ccc(-c4ccc5nc(-c6ccnc7ccccc67)c6ccc7sc8ccccc8c7c6c5c4)cc3)nc(-c3ccccc3)n2)cc1. The lowest BCUT2D eigenvalue weighted by atomic mass is 9.93. The summed E-state index contributed by atoms with van der Waals surface area (Å²) in [5, 5.41) is 7.17. The molecule has 0 bridgehead atoms. The first kappa shape index (κ1) is 31.4. The van der Waals surface area contributed by atoms with Crippen molar-refractivity contribution in [2.45, 2.75) is 0 Å². The second kappa shape index (κ2) is 12.8. The first-order valence-electron chi connectivity index (χ1n) is 18.4. The van der Waals surface area contributed by atoms with Gasteiger partial charge in [-0.3, -0.25) is 4.98 Å². The van der Waals surface area contributed by atoms with E-state index in [1.54, 1.807) is 0 Å². The molecule has 0 saturated heterocycles. The van der Waals surface area contributed by atoms with Crippen LogP contribution in [0.1, 0.15) is 0 Å². The van der Waals surface area contributed by atoms with E-state index in [1.807, 2.05) is 60.0 Å². The van der Waals surface area contributed by atoms with Gasteiger partial charge in [0.05, 0.1) is 28.1 Å². The zero-order valence-corrected chi connectivity index (χ0v) is 30.3. The summed E-state index contributed by atoms with van der Waals surface area (Å²) in [4.78, 5) is 20.1. The van der Waals surface area contributed by atoms with Crippen molar-refractivity contribution in [2.24, 2.45) is 0 Å². The number of pyridine rings is 2. The molecule has 5 heteroatoms. The summed E-state index contributed by atoms with van der Waals surface area (Å²) in [5.74, 6) is 0.710. The lowest BCUT2D eigenvalue weighted by molar-refractivity contribution is 1.18. The van der Waals surface area contributed by atoms with Crippen LogP contribution in [0.15, 0.2) is 182 Å². The first-order valence-corrected chi connectivity index (χ1v) is 19.2. The standard InChI is InChI=1S/C50H30N4S/c1-3-11-32(12-4-1)43-30-44(54-50(53-43)34-13-5-2-6-14-34)33-21-19-31(20-22-33)35-23-25-42-40(29-35)47-39(24-26-46-48(47)38-16-8-10-18-45(38)55-46)49(52-42)37-27-28-51-41-17-9-7-15-36(37)41/h1-30H. The van der Waals surface area contributed by atoms with Gasteiger partial charge < -0.3 is 0 Å². The molecule has 11 aromatic rings. The molecular formula is C50H30N4S. The van der Waals surface area contributed by atoms with Gasteiger partial charge in [0.25, 0.3) is 0 Å². The van der Waals surface area contributed by atoms with Gasteiger partial charge in [0.1, 0.15) is 0 Å². The van der Waals surface area contributed by atoms with Crippen LogP contribution in [0.25, 0.3) is 109 Å². The van der Waals surface area contributed by atoms with Gasteiger partial charge >= 0.3 is 0 Å². The average molecular weight is 719 g/mol. The fraction of sp³-hybridized carbons (Fsp3) is 0. The van der Waals surface area contributed by atoms with E-state index >= 15 is 0 Å². The minimum atomic E-state index is 0.710. The highest BCUT2D eigenvalue weighted by Crippen LogP contribution is 2.45. The number of hydrogen-bond acceptors (Lipinski definition) is 5. The highest BCUT2D eigenvalue weighted by atomic mass is 32.1. The van der Waals surface area contributed by atoms with Crippen LogP contribution in [-0.4, -0.2) is 19.9 Å². The largest absolute Gasteiger partial charge is 0.256 e. The zero-order chi connectivity index (χ0) is 36.3. The number of fused-ring (bicyclic) bond motifs is 8. The summed E-state index contributed by atoms with van der Waals surface area (Å²) >= 11 is 1.85. The number of nitrogens with zero attached hydrogens (tertiary/aromatic N) is 4. The Hall–Kier alpha value is -7.08. The van der Waals surface area contributed by atoms with Gasteiger partial charge in [-0.1, -0.05) is 133 Å². The summed E-state index contributed by atoms with van der Waals surface area (Å²) in [7, 11) is 0. The molecule has 0 aliphatic carbocycles. The van der Waals surface area contributed by atoms with Gasteiger partial charge in [-0.2, -0.15) is 0 Å². The fourth-order valence-electron chi connectivity index (χ4n) is 7.90. The predicted molar refractivity (Wildman–Crippen MR) is 230 cm³/mol. The fourth-order valence-corrected chi connectivity index (χ4v) is 9.01. The highest BCUT2D eigenvalue weighted by Gasteiger charge is 2.19. The van der Waals surface area contributed by atoms with E-state index in [9.17, 15) is 0 Å². The molecule has 11 rings (SSSR count). The molecule has 0 radical (unpaired) electrons. The van der Waals surface area contributed by atoms with E-state index in [4.69, 9.17) is 15.0 Å². The second-order valence-corrected chi connectivity index (χ2v) is 14.9. The number of thiophene rings is 1. The van der Waals surface area contributed by atoms with Crippen molar-refractivity contribution in [1.82, 2.24) is 19.9 Å². The Bertz CT molecular complexity index is 3180. The van der Waals surface area contributed by atoms with E-state index in [-0.39, 0.29) is 0 Å². The van der Waals surface area contributed by atoms with Gasteiger partial charge in [-0.15, -0.1) is 11.3 Å². The van der Waals surface area contributed by atoms with E-state index in [1.165, 1.54) is 25.6 Å². The predicted octanol–water partition coefficient (Wildman–Crippen LogP) is 13.4. The van der Waals surface area contributed by atoms with Gasteiger partial charge in [-0.05, 0) is 53.6 Å². The third-order valence-electron chi connectivity index (χ3n) is 10.5. The summed E-state index contributed by atoms with van der Waals surface area (Å²) in [5.41, 5.74) is 11.1. The molecular weight excluding hydrogens is 689 g/mol. The van der Waals surface area contributed by atoms with Crippen molar-refractivity contribution < 1.29 is 0 Å². The van der Waals surface area contributed by atoms with Crippen LogP contribution in [-0.2, 0) is 0 Å². The number of para-hydroxylation sites is 1. The minimum Gasteiger partial charge on any atom is -0.256 e. The molecule has 256 valence electrons. The molecule has 0 spiro atoms. The third-order valence-corrected chi connectivity index (χ3v) is 11.7. The van der Waals surface area contributed by atoms with Crippen molar-refractivity contribution in [3.8, 4) is 56.3 Å². The lowest BCUT2D eigenvalue weighted by Crippen LogP contribution is -1.95. The third kappa shape index (κ3) is 5.36. The molecule has 0 atom stereocenters. The Balaban J connectivity index is 1.09. The summed E-state index contributed by atoms with van der Waals surface area (Å²) in [6.45, 7) is 0. The summed E-state index contributed by atoms with van der Waals surface area (Å²) < 4.78 is 2.56. The topological polar surface area (TPSA) is 51.6 Å². The maximum absolute atomic E-state index is 5.41. The summed E-state index contributed by atoms with van der Waals surface area (Å²) in [6, 6.07) is 61.7. The van der Waals surface area contributed by atoms with E-state index < -0.39 is 0 Å². The lowest BCUT2D eigenvalue weighted by Gasteiger charge is -2.14. The normalized spacial score (nSPS) is 11.6. The van der Waals surface area contributed by atoms with Crippen LogP contribution in [0.3, 0.4) is 0 Å². The smallest absolute Gasteiger partial charge is 0.160 e. The zero-order valence-electron chi connectivity index (χ0n) is 29.5. The molecule has 0 fully saturated rings. The molecule has 55 heavy (non-hydrogen) atoms. The van der Waals surface area contributed by atoms with Gasteiger partial charge in [0.15, 0.2) is 5.82 Å². The van der Waals surface area contributed by atoms with Gasteiger partial charge in [0.2, 0.25) is 0 Å². The van der Waals surface area contributed by atoms with E-state index in [0.29, 0.717) is 5.82 Å². The Kier molecular flexibility index (Phi) is 7.32. The van der Waals surface area contributed by atoms with Crippen molar-refractivity contribution in [2.75, 3.05) is 0 Å². The molecule has 4 aromatic heterocycles. The van der Waals surface area contributed by atoms with Crippen molar-refractivity contribution in [3.63, 3.8) is 0 Å². The Morgan fingerprint density at radius 1 is 0.364 bits per heavy atom. The minimum absolute atomic E-state index is 0.710. The van der Waals surface area contributed by atoms with Crippen LogP contribution in [0.2, 0.25) is 0 Å². The van der Waals surface area contributed by atoms with Gasteiger partial charge in [-0.25, -0.2) is 15.0 Å². The van der Waals surface area contributed by atoms with Crippen LogP contribution < -0.4 is 0 Å². The molecule has 0 aliphatic rings. The van der Waals surface area contributed by atoms with Crippen molar-refractivity contribution in [3.05, 3.63) is 182 Å². The quantitative estimate of drug-likeness (QED) is 0.166. The van der Waals surface area contributed by atoms with E-state index in [0.717, 1.165) is 77.7 Å². The number of rotatable bonds is 5. The van der Waals surface area contributed by atoms with E-state index in [2.05, 4.69) is 138 Å². The van der Waals surface area contributed by atoms with Crippen LogP contribution in [0.5, 0.6) is 0 Å². The number of aromatic nitrogens is 4. The maximum Gasteiger partial charge on any atom is 0.160 e. The molecule has 0 amide bonds.